The number of amides is 2. The van der Waals surface area contributed by atoms with Crippen LogP contribution in [0.2, 0.25) is 0 Å². The fourth-order valence-corrected chi connectivity index (χ4v) is 5.18. The first-order valence-electron chi connectivity index (χ1n) is 11.1. The fraction of sp³-hybridized carbons (Fsp3) is 0.192. The molecule has 2 aromatic carbocycles. The summed E-state index contributed by atoms with van der Waals surface area (Å²) in [6.07, 6.45) is 1.83. The van der Waals surface area contributed by atoms with Crippen LogP contribution in [0.15, 0.2) is 65.7 Å². The highest BCUT2D eigenvalue weighted by molar-refractivity contribution is 7.20. The van der Waals surface area contributed by atoms with E-state index < -0.39 is 5.97 Å². The van der Waals surface area contributed by atoms with Gasteiger partial charge in [-0.05, 0) is 36.6 Å². The van der Waals surface area contributed by atoms with E-state index in [2.05, 4.69) is 4.98 Å². The van der Waals surface area contributed by atoms with Crippen molar-refractivity contribution in [3.63, 3.8) is 0 Å². The third-order valence-electron chi connectivity index (χ3n) is 5.97. The lowest BCUT2D eigenvalue weighted by molar-refractivity contribution is 0.0477. The summed E-state index contributed by atoms with van der Waals surface area (Å²) in [6, 6.07) is 16.1. The average Bonchev–Trinajstić information content (AvgIpc) is 3.34. The third kappa shape index (κ3) is 4.15. The maximum atomic E-state index is 13.1. The van der Waals surface area contributed by atoms with Gasteiger partial charge in [-0.25, -0.2) is 9.78 Å². The normalized spacial score (nSPS) is 12.9. The topological polar surface area (TPSA) is 98.6 Å². The van der Waals surface area contributed by atoms with Crippen LogP contribution in [-0.4, -0.2) is 38.8 Å². The minimum atomic E-state index is -0.495. The highest BCUT2D eigenvalue weighted by Crippen LogP contribution is 2.28. The number of thiophene rings is 1. The van der Waals surface area contributed by atoms with Crippen LogP contribution in [0.4, 0.5) is 0 Å². The lowest BCUT2D eigenvalue weighted by Gasteiger charge is -2.14. The Hall–Kier alpha value is -4.11. The van der Waals surface area contributed by atoms with Gasteiger partial charge in [0, 0.05) is 13.1 Å². The predicted molar refractivity (Wildman–Crippen MR) is 131 cm³/mol. The van der Waals surface area contributed by atoms with E-state index in [1.54, 1.807) is 31.2 Å². The zero-order chi connectivity index (χ0) is 24.5. The first-order chi connectivity index (χ1) is 17.0. The van der Waals surface area contributed by atoms with Gasteiger partial charge < -0.3 is 4.74 Å². The van der Waals surface area contributed by atoms with Crippen LogP contribution < -0.4 is 5.56 Å². The lowest BCUT2D eigenvalue weighted by Crippen LogP contribution is -2.32. The van der Waals surface area contributed by atoms with Gasteiger partial charge >= 0.3 is 5.97 Å². The molecule has 2 aromatic heterocycles. The summed E-state index contributed by atoms with van der Waals surface area (Å²) in [5.74, 6) is -1.14. The second-order valence-corrected chi connectivity index (χ2v) is 9.20. The van der Waals surface area contributed by atoms with Crippen molar-refractivity contribution in [3.05, 3.63) is 98.4 Å². The van der Waals surface area contributed by atoms with Crippen molar-refractivity contribution in [3.8, 4) is 0 Å². The van der Waals surface area contributed by atoms with E-state index in [4.69, 9.17) is 4.74 Å². The van der Waals surface area contributed by atoms with E-state index in [9.17, 15) is 19.2 Å². The zero-order valence-electron chi connectivity index (χ0n) is 18.9. The molecule has 2 amide bonds. The molecule has 1 aliphatic heterocycles. The molecule has 176 valence electrons. The van der Waals surface area contributed by atoms with E-state index in [0.717, 1.165) is 16.9 Å². The molecule has 0 bridgehead atoms. The highest BCUT2D eigenvalue weighted by Gasteiger charge is 2.34. The van der Waals surface area contributed by atoms with Gasteiger partial charge in [-0.3, -0.25) is 23.9 Å². The number of esters is 1. The summed E-state index contributed by atoms with van der Waals surface area (Å²) < 4.78 is 6.87. The predicted octanol–water partition coefficient (Wildman–Crippen LogP) is 3.81. The molecule has 1 aliphatic rings. The first-order valence-corrected chi connectivity index (χ1v) is 11.9. The molecule has 3 heterocycles. The van der Waals surface area contributed by atoms with Gasteiger partial charge in [0.05, 0.1) is 22.8 Å². The summed E-state index contributed by atoms with van der Waals surface area (Å²) in [5, 5.41) is 0.380. The van der Waals surface area contributed by atoms with Crippen molar-refractivity contribution >= 4 is 39.3 Å². The number of imide groups is 1. The van der Waals surface area contributed by atoms with Crippen LogP contribution in [-0.2, 0) is 17.9 Å². The van der Waals surface area contributed by atoms with E-state index in [1.165, 1.54) is 15.8 Å². The summed E-state index contributed by atoms with van der Waals surface area (Å²) in [4.78, 5) is 57.2. The van der Waals surface area contributed by atoms with Crippen molar-refractivity contribution in [2.45, 2.75) is 26.5 Å². The Bertz CT molecular complexity index is 1490. The van der Waals surface area contributed by atoms with Crippen molar-refractivity contribution in [1.82, 2.24) is 14.5 Å². The number of aryl methyl sites for hydroxylation is 2. The summed E-state index contributed by atoms with van der Waals surface area (Å²) in [5.41, 5.74) is 1.94. The molecule has 0 saturated heterocycles. The molecule has 0 N–H and O–H groups in total. The number of ether oxygens (including phenoxy) is 1. The number of aromatic nitrogens is 2. The van der Waals surface area contributed by atoms with Gasteiger partial charge in [-0.15, -0.1) is 11.3 Å². The van der Waals surface area contributed by atoms with Crippen LogP contribution in [0.25, 0.3) is 10.2 Å². The number of rotatable bonds is 7. The number of hydrogen-bond acceptors (Lipinski definition) is 7. The molecular weight excluding hydrogens is 466 g/mol. The van der Waals surface area contributed by atoms with E-state index in [1.807, 2.05) is 30.3 Å². The minimum Gasteiger partial charge on any atom is -0.457 e. The third-order valence-corrected chi connectivity index (χ3v) is 7.15. The molecule has 35 heavy (non-hydrogen) atoms. The van der Waals surface area contributed by atoms with Crippen LogP contribution >= 0.6 is 11.3 Å². The Labute approximate surface area is 204 Å². The maximum absolute atomic E-state index is 13.1. The SMILES string of the molecule is Cc1c(C(=O)OCc2ccccc2)sc2ncn(CCCN3C(=O)c4ccccc4C3=O)c(=O)c12. The van der Waals surface area contributed by atoms with Crippen molar-refractivity contribution < 1.29 is 19.1 Å². The number of hydrogen-bond donors (Lipinski definition) is 0. The van der Waals surface area contributed by atoms with Gasteiger partial charge in [0.25, 0.3) is 17.4 Å². The smallest absolute Gasteiger partial charge is 0.349 e. The van der Waals surface area contributed by atoms with Crippen LogP contribution in [0.1, 0.15) is 47.9 Å². The molecule has 0 unspecified atom stereocenters. The standard InChI is InChI=1S/C26H21N3O5S/c1-16-20-22(35-21(16)26(33)34-14-17-8-3-2-4-9-17)27-15-28(25(20)32)12-7-13-29-23(30)18-10-5-6-11-19(18)24(29)31/h2-6,8-11,15H,7,12-14H2,1H3. The number of fused-ring (bicyclic) bond motifs is 2. The molecule has 5 rings (SSSR count). The Morgan fingerprint density at radius 1 is 0.943 bits per heavy atom. The summed E-state index contributed by atoms with van der Waals surface area (Å²) in [6.45, 7) is 2.32. The quantitative estimate of drug-likeness (QED) is 0.290. The van der Waals surface area contributed by atoms with Crippen LogP contribution in [0.3, 0.4) is 0 Å². The van der Waals surface area contributed by atoms with Crippen molar-refractivity contribution in [1.29, 1.82) is 0 Å². The Balaban J connectivity index is 1.29. The number of carbonyl (C=O) groups is 3. The minimum absolute atomic E-state index is 0.142. The van der Waals surface area contributed by atoms with Gasteiger partial charge in [0.2, 0.25) is 0 Å². The number of nitrogens with zero attached hydrogens (tertiary/aromatic N) is 3. The van der Waals surface area contributed by atoms with E-state index in [0.29, 0.717) is 38.2 Å². The van der Waals surface area contributed by atoms with Gasteiger partial charge in [0.1, 0.15) is 16.3 Å². The number of carbonyl (C=O) groups excluding carboxylic acids is 3. The Morgan fingerprint density at radius 3 is 2.29 bits per heavy atom. The molecule has 0 atom stereocenters. The lowest BCUT2D eigenvalue weighted by atomic mass is 10.1. The molecule has 0 radical (unpaired) electrons. The second kappa shape index (κ2) is 9.27. The largest absolute Gasteiger partial charge is 0.457 e. The Kier molecular flexibility index (Phi) is 6.00. The van der Waals surface area contributed by atoms with Crippen LogP contribution in [0, 0.1) is 6.92 Å². The molecule has 0 aliphatic carbocycles. The average molecular weight is 488 g/mol. The fourth-order valence-electron chi connectivity index (χ4n) is 4.14. The molecule has 8 nitrogen and oxygen atoms in total. The maximum Gasteiger partial charge on any atom is 0.349 e. The monoisotopic (exact) mass is 487 g/mol. The van der Waals surface area contributed by atoms with Gasteiger partial charge in [0.15, 0.2) is 0 Å². The molecule has 0 spiro atoms. The van der Waals surface area contributed by atoms with Crippen LogP contribution in [0.5, 0.6) is 0 Å². The summed E-state index contributed by atoms with van der Waals surface area (Å²) in [7, 11) is 0. The summed E-state index contributed by atoms with van der Waals surface area (Å²) >= 11 is 1.13. The molecule has 9 heteroatoms. The van der Waals surface area contributed by atoms with Gasteiger partial charge in [-0.2, -0.15) is 0 Å². The van der Waals surface area contributed by atoms with Gasteiger partial charge in [-0.1, -0.05) is 42.5 Å². The molecular formula is C26H21N3O5S. The molecule has 4 aromatic rings. The highest BCUT2D eigenvalue weighted by atomic mass is 32.1. The van der Waals surface area contributed by atoms with Crippen molar-refractivity contribution in [2.75, 3.05) is 6.54 Å². The number of benzene rings is 2. The van der Waals surface area contributed by atoms with Crippen molar-refractivity contribution in [2.24, 2.45) is 0 Å². The second-order valence-electron chi connectivity index (χ2n) is 8.20. The Morgan fingerprint density at radius 2 is 1.60 bits per heavy atom. The van der Waals surface area contributed by atoms with E-state index in [-0.39, 0.29) is 37.1 Å². The molecule has 0 saturated carbocycles. The first kappa shape index (κ1) is 22.7. The zero-order valence-corrected chi connectivity index (χ0v) is 19.7. The van der Waals surface area contributed by atoms with E-state index >= 15 is 0 Å². The molecule has 0 fully saturated rings.